The summed E-state index contributed by atoms with van der Waals surface area (Å²) in [5.74, 6) is 0.641. The zero-order chi connectivity index (χ0) is 10.7. The average molecular weight is 221 g/mol. The highest BCUT2D eigenvalue weighted by molar-refractivity contribution is 7.13. The van der Waals surface area contributed by atoms with Gasteiger partial charge in [-0.05, 0) is 18.5 Å². The average Bonchev–Trinajstić information content (AvgIpc) is 2.70. The second kappa shape index (κ2) is 4.37. The van der Waals surface area contributed by atoms with Crippen molar-refractivity contribution in [1.82, 2.24) is 15.3 Å². The van der Waals surface area contributed by atoms with Crippen LogP contribution >= 0.6 is 11.3 Å². The Morgan fingerprint density at radius 2 is 2.47 bits per heavy atom. The molecule has 0 atom stereocenters. The number of hydrogen-bond donors (Lipinski definition) is 2. The number of hydrogen-bond acceptors (Lipinski definition) is 4. The van der Waals surface area contributed by atoms with Gasteiger partial charge in [0.25, 0.3) is 5.56 Å². The molecule has 0 bridgehead atoms. The Labute approximate surface area is 91.0 Å². The van der Waals surface area contributed by atoms with Gasteiger partial charge in [0.2, 0.25) is 0 Å². The zero-order valence-electron chi connectivity index (χ0n) is 8.28. The van der Waals surface area contributed by atoms with Crippen LogP contribution in [0, 0.1) is 0 Å². The molecule has 2 N–H and O–H groups in total. The van der Waals surface area contributed by atoms with Crippen LogP contribution in [-0.2, 0) is 6.54 Å². The van der Waals surface area contributed by atoms with E-state index in [0.29, 0.717) is 12.4 Å². The lowest BCUT2D eigenvalue weighted by molar-refractivity contribution is 0.785. The summed E-state index contributed by atoms with van der Waals surface area (Å²) >= 11 is 1.56. The van der Waals surface area contributed by atoms with Gasteiger partial charge in [0.05, 0.1) is 10.6 Å². The van der Waals surface area contributed by atoms with E-state index in [0.717, 1.165) is 10.6 Å². The lowest BCUT2D eigenvalue weighted by Crippen LogP contribution is -2.14. The molecule has 0 spiro atoms. The summed E-state index contributed by atoms with van der Waals surface area (Å²) in [5, 5.41) is 4.93. The second-order valence-electron chi connectivity index (χ2n) is 3.09. The zero-order valence-corrected chi connectivity index (χ0v) is 9.10. The Kier molecular flexibility index (Phi) is 2.94. The van der Waals surface area contributed by atoms with Crippen LogP contribution in [0.2, 0.25) is 0 Å². The Balaban J connectivity index is 2.44. The molecule has 0 aliphatic rings. The fourth-order valence-corrected chi connectivity index (χ4v) is 1.98. The number of thiophene rings is 1. The maximum Gasteiger partial charge on any atom is 0.251 e. The summed E-state index contributed by atoms with van der Waals surface area (Å²) in [5.41, 5.74) is 0.642. The highest BCUT2D eigenvalue weighted by Crippen LogP contribution is 2.19. The van der Waals surface area contributed by atoms with E-state index in [4.69, 9.17) is 0 Å². The maximum absolute atomic E-state index is 11.4. The summed E-state index contributed by atoms with van der Waals surface area (Å²) in [4.78, 5) is 19.4. The fourth-order valence-electron chi connectivity index (χ4n) is 1.31. The Bertz CT molecular complexity index is 490. The van der Waals surface area contributed by atoms with Gasteiger partial charge in [0.15, 0.2) is 5.82 Å². The fraction of sp³-hybridized carbons (Fsp3) is 0.200. The van der Waals surface area contributed by atoms with Crippen LogP contribution in [0.15, 0.2) is 28.4 Å². The van der Waals surface area contributed by atoms with Gasteiger partial charge in [0.1, 0.15) is 0 Å². The Morgan fingerprint density at radius 1 is 1.60 bits per heavy atom. The van der Waals surface area contributed by atoms with Crippen LogP contribution in [-0.4, -0.2) is 17.0 Å². The number of aromatic amines is 1. The molecule has 78 valence electrons. The summed E-state index contributed by atoms with van der Waals surface area (Å²) in [6, 6.07) is 5.38. The first-order valence-electron chi connectivity index (χ1n) is 4.58. The molecular formula is C10H11N3OS. The van der Waals surface area contributed by atoms with E-state index in [1.54, 1.807) is 11.3 Å². The van der Waals surface area contributed by atoms with Gasteiger partial charge in [-0.15, -0.1) is 11.3 Å². The quantitative estimate of drug-likeness (QED) is 0.819. The third-order valence-electron chi connectivity index (χ3n) is 1.91. The first kappa shape index (κ1) is 10.1. The first-order valence-corrected chi connectivity index (χ1v) is 5.46. The molecule has 2 aromatic rings. The van der Waals surface area contributed by atoms with E-state index >= 15 is 0 Å². The number of rotatable bonds is 3. The molecule has 2 heterocycles. The van der Waals surface area contributed by atoms with Gasteiger partial charge in [-0.2, -0.15) is 0 Å². The molecule has 0 radical (unpaired) electrons. The van der Waals surface area contributed by atoms with Gasteiger partial charge >= 0.3 is 0 Å². The molecule has 0 unspecified atom stereocenters. The molecule has 0 saturated heterocycles. The highest BCUT2D eigenvalue weighted by Gasteiger charge is 2.03. The first-order chi connectivity index (χ1) is 7.29. The minimum Gasteiger partial charge on any atom is -0.314 e. The van der Waals surface area contributed by atoms with Crippen LogP contribution in [0.5, 0.6) is 0 Å². The molecule has 0 fully saturated rings. The molecule has 15 heavy (non-hydrogen) atoms. The lowest BCUT2D eigenvalue weighted by atomic mass is 10.3. The molecule has 5 heteroatoms. The third kappa shape index (κ3) is 2.31. The van der Waals surface area contributed by atoms with E-state index in [2.05, 4.69) is 15.3 Å². The summed E-state index contributed by atoms with van der Waals surface area (Å²) in [6.45, 7) is 0.599. The number of H-pyrrole nitrogens is 1. The van der Waals surface area contributed by atoms with Gasteiger partial charge < -0.3 is 10.3 Å². The van der Waals surface area contributed by atoms with E-state index in [1.165, 1.54) is 6.07 Å². The van der Waals surface area contributed by atoms with E-state index in [9.17, 15) is 4.79 Å². The van der Waals surface area contributed by atoms with Crippen LogP contribution in [0.25, 0.3) is 10.7 Å². The molecule has 0 aliphatic heterocycles. The summed E-state index contributed by atoms with van der Waals surface area (Å²) in [6.07, 6.45) is 0. The normalized spacial score (nSPS) is 10.5. The van der Waals surface area contributed by atoms with Crippen LogP contribution < -0.4 is 10.9 Å². The molecule has 0 saturated carbocycles. The number of aromatic nitrogens is 2. The maximum atomic E-state index is 11.4. The van der Waals surface area contributed by atoms with Crippen molar-refractivity contribution >= 4 is 11.3 Å². The topological polar surface area (TPSA) is 57.8 Å². The van der Waals surface area contributed by atoms with Crippen molar-refractivity contribution < 1.29 is 0 Å². The molecular weight excluding hydrogens is 210 g/mol. The van der Waals surface area contributed by atoms with Crippen molar-refractivity contribution in [3.05, 3.63) is 39.6 Å². The van der Waals surface area contributed by atoms with Crippen LogP contribution in [0.1, 0.15) is 5.69 Å². The van der Waals surface area contributed by atoms with Crippen LogP contribution in [0.4, 0.5) is 0 Å². The Hall–Kier alpha value is -1.46. The number of nitrogens with zero attached hydrogens (tertiary/aromatic N) is 1. The van der Waals surface area contributed by atoms with Crippen LogP contribution in [0.3, 0.4) is 0 Å². The largest absolute Gasteiger partial charge is 0.314 e. The van der Waals surface area contributed by atoms with Gasteiger partial charge in [0, 0.05) is 12.6 Å². The standard InChI is InChI=1S/C10H11N3OS/c1-11-6-7-5-9(14)13-10(12-7)8-3-2-4-15-8/h2-5,11H,6H2,1H3,(H,12,13,14). The van der Waals surface area contributed by atoms with E-state index < -0.39 is 0 Å². The summed E-state index contributed by atoms with van der Waals surface area (Å²) < 4.78 is 0. The summed E-state index contributed by atoms with van der Waals surface area (Å²) in [7, 11) is 1.83. The molecule has 0 amide bonds. The van der Waals surface area contributed by atoms with Gasteiger partial charge in [-0.1, -0.05) is 6.07 Å². The second-order valence-corrected chi connectivity index (χ2v) is 4.04. The number of nitrogens with one attached hydrogen (secondary N) is 2. The predicted molar refractivity (Wildman–Crippen MR) is 60.9 cm³/mol. The van der Waals surface area contributed by atoms with E-state index in [1.807, 2.05) is 24.6 Å². The Morgan fingerprint density at radius 3 is 3.13 bits per heavy atom. The van der Waals surface area contributed by atoms with Crippen molar-refractivity contribution in [1.29, 1.82) is 0 Å². The van der Waals surface area contributed by atoms with Crippen molar-refractivity contribution in [3.8, 4) is 10.7 Å². The van der Waals surface area contributed by atoms with Crippen molar-refractivity contribution in [2.75, 3.05) is 7.05 Å². The third-order valence-corrected chi connectivity index (χ3v) is 2.78. The molecule has 0 aromatic carbocycles. The highest BCUT2D eigenvalue weighted by atomic mass is 32.1. The van der Waals surface area contributed by atoms with Gasteiger partial charge in [-0.25, -0.2) is 4.98 Å². The predicted octanol–water partition coefficient (Wildman–Crippen LogP) is 1.22. The SMILES string of the molecule is CNCc1cc(=O)[nH]c(-c2cccs2)n1. The van der Waals surface area contributed by atoms with Crippen molar-refractivity contribution in [2.45, 2.75) is 6.54 Å². The smallest absolute Gasteiger partial charge is 0.251 e. The lowest BCUT2D eigenvalue weighted by Gasteiger charge is -2.01. The minimum absolute atomic E-state index is 0.112. The van der Waals surface area contributed by atoms with Crippen molar-refractivity contribution in [2.24, 2.45) is 0 Å². The molecule has 2 rings (SSSR count). The minimum atomic E-state index is -0.112. The molecule has 4 nitrogen and oxygen atoms in total. The molecule has 2 aromatic heterocycles. The van der Waals surface area contributed by atoms with E-state index in [-0.39, 0.29) is 5.56 Å². The van der Waals surface area contributed by atoms with Crippen molar-refractivity contribution in [3.63, 3.8) is 0 Å². The van der Waals surface area contributed by atoms with Gasteiger partial charge in [-0.3, -0.25) is 4.79 Å². The monoisotopic (exact) mass is 221 g/mol. The molecule has 0 aliphatic carbocycles.